The van der Waals surface area contributed by atoms with Crippen LogP contribution in [-0.4, -0.2) is 47.0 Å². The molecule has 7 nitrogen and oxygen atoms in total. The summed E-state index contributed by atoms with van der Waals surface area (Å²) in [4.78, 5) is 40.6. The molecule has 2 amide bonds. The summed E-state index contributed by atoms with van der Waals surface area (Å²) in [5, 5.41) is 12.8. The van der Waals surface area contributed by atoms with Crippen molar-refractivity contribution in [2.24, 2.45) is 5.92 Å². The summed E-state index contributed by atoms with van der Waals surface area (Å²) < 4.78 is 5.70. The molecule has 2 aromatic carbocycles. The maximum absolute atomic E-state index is 13.3. The standard InChI is InChI=1S/C31H38N2O5/c1-3-5-7-17-30(36)38-28(23-13-8-6-9-14-23)20-32-31(37)25(12-4-2)19-29(35)33-21-26-16-11-10-15-24(26)18-27(33)22-34/h3-4,6,8-11,13-16,25,27-28,34H,1-2,5,7,12,17-22H2,(H,32,37)/t25-,27-,28+/m0/s1. The van der Waals surface area contributed by atoms with Crippen molar-refractivity contribution in [1.29, 1.82) is 0 Å². The fraction of sp³-hybridized carbons (Fsp3) is 0.387. The first-order chi connectivity index (χ1) is 18.5. The first-order valence-corrected chi connectivity index (χ1v) is 13.2. The Bertz CT molecular complexity index is 1100. The van der Waals surface area contributed by atoms with Gasteiger partial charge in [0.2, 0.25) is 11.8 Å². The molecule has 0 aromatic heterocycles. The highest BCUT2D eigenvalue weighted by atomic mass is 16.5. The maximum Gasteiger partial charge on any atom is 0.306 e. The zero-order valence-electron chi connectivity index (χ0n) is 21.9. The van der Waals surface area contributed by atoms with Gasteiger partial charge in [-0.3, -0.25) is 14.4 Å². The van der Waals surface area contributed by atoms with Gasteiger partial charge in [0, 0.05) is 19.4 Å². The smallest absolute Gasteiger partial charge is 0.306 e. The SMILES string of the molecule is C=CCCCC(=O)O[C@H](CNC(=O)[C@@H](CC=C)CC(=O)N1Cc2ccccc2C[C@H]1CO)c1ccccc1. The van der Waals surface area contributed by atoms with Crippen LogP contribution in [0.4, 0.5) is 0 Å². The van der Waals surface area contributed by atoms with Gasteiger partial charge in [-0.15, -0.1) is 13.2 Å². The molecule has 0 aliphatic carbocycles. The highest BCUT2D eigenvalue weighted by Crippen LogP contribution is 2.25. The Morgan fingerprint density at radius 1 is 1.05 bits per heavy atom. The fourth-order valence-corrected chi connectivity index (χ4v) is 4.70. The molecular weight excluding hydrogens is 480 g/mol. The molecule has 0 bridgehead atoms. The molecule has 3 atom stereocenters. The maximum atomic E-state index is 13.3. The third-order valence-corrected chi connectivity index (χ3v) is 6.83. The topological polar surface area (TPSA) is 95.9 Å². The number of aliphatic hydroxyl groups is 1. The summed E-state index contributed by atoms with van der Waals surface area (Å²) in [5.74, 6) is -1.46. The number of ether oxygens (including phenoxy) is 1. The van der Waals surface area contributed by atoms with E-state index in [4.69, 9.17) is 4.74 Å². The quantitative estimate of drug-likeness (QED) is 0.221. The molecule has 1 aliphatic heterocycles. The van der Waals surface area contributed by atoms with Gasteiger partial charge >= 0.3 is 5.97 Å². The number of hydrogen-bond acceptors (Lipinski definition) is 5. The van der Waals surface area contributed by atoms with E-state index in [1.54, 1.807) is 17.1 Å². The number of hydrogen-bond donors (Lipinski definition) is 2. The number of esters is 1. The van der Waals surface area contributed by atoms with Crippen LogP contribution in [0.15, 0.2) is 79.9 Å². The van der Waals surface area contributed by atoms with Crippen molar-refractivity contribution in [2.75, 3.05) is 13.2 Å². The summed E-state index contributed by atoms with van der Waals surface area (Å²) >= 11 is 0. The molecule has 0 saturated heterocycles. The molecule has 0 fully saturated rings. The minimum Gasteiger partial charge on any atom is -0.456 e. The second-order valence-corrected chi connectivity index (χ2v) is 9.57. The van der Waals surface area contributed by atoms with Gasteiger partial charge < -0.3 is 20.1 Å². The fourth-order valence-electron chi connectivity index (χ4n) is 4.70. The van der Waals surface area contributed by atoms with E-state index in [9.17, 15) is 19.5 Å². The molecule has 3 rings (SSSR count). The lowest BCUT2D eigenvalue weighted by Gasteiger charge is -2.36. The van der Waals surface area contributed by atoms with Crippen molar-refractivity contribution < 1.29 is 24.2 Å². The lowest BCUT2D eigenvalue weighted by molar-refractivity contribution is -0.150. The van der Waals surface area contributed by atoms with Gasteiger partial charge in [0.05, 0.1) is 25.1 Å². The van der Waals surface area contributed by atoms with Crippen LogP contribution in [0.5, 0.6) is 0 Å². The highest BCUT2D eigenvalue weighted by Gasteiger charge is 2.32. The van der Waals surface area contributed by atoms with Gasteiger partial charge in [0.15, 0.2) is 0 Å². The molecular formula is C31H38N2O5. The summed E-state index contributed by atoms with van der Waals surface area (Å²) in [5.41, 5.74) is 2.96. The van der Waals surface area contributed by atoms with E-state index in [0.29, 0.717) is 25.8 Å². The second-order valence-electron chi connectivity index (χ2n) is 9.57. The van der Waals surface area contributed by atoms with E-state index >= 15 is 0 Å². The molecule has 1 aliphatic rings. The van der Waals surface area contributed by atoms with E-state index in [0.717, 1.165) is 23.1 Å². The van der Waals surface area contributed by atoms with Gasteiger partial charge in [-0.25, -0.2) is 0 Å². The van der Waals surface area contributed by atoms with E-state index < -0.39 is 12.0 Å². The number of carbonyl (C=O) groups is 3. The molecule has 202 valence electrons. The number of unbranched alkanes of at least 4 members (excludes halogenated alkanes) is 1. The van der Waals surface area contributed by atoms with Crippen molar-refractivity contribution in [3.05, 3.63) is 96.6 Å². The summed E-state index contributed by atoms with van der Waals surface area (Å²) in [7, 11) is 0. The van der Waals surface area contributed by atoms with Crippen molar-refractivity contribution >= 4 is 17.8 Å². The second kappa shape index (κ2) is 14.9. The predicted molar refractivity (Wildman–Crippen MR) is 147 cm³/mol. The molecule has 0 saturated carbocycles. The average molecular weight is 519 g/mol. The summed E-state index contributed by atoms with van der Waals surface area (Å²) in [6, 6.07) is 16.8. The first kappa shape index (κ1) is 28.9. The largest absolute Gasteiger partial charge is 0.456 e. The van der Waals surface area contributed by atoms with Crippen LogP contribution >= 0.6 is 0 Å². The number of benzene rings is 2. The number of carbonyl (C=O) groups excluding carboxylic acids is 3. The Hall–Kier alpha value is -3.71. The van der Waals surface area contributed by atoms with Crippen LogP contribution in [-0.2, 0) is 32.1 Å². The number of amides is 2. The summed E-state index contributed by atoms with van der Waals surface area (Å²) in [6.45, 7) is 7.78. The minimum atomic E-state index is -0.645. The normalized spacial score (nSPS) is 16.0. The minimum absolute atomic E-state index is 0.00609. The zero-order chi connectivity index (χ0) is 27.3. The molecule has 0 spiro atoms. The van der Waals surface area contributed by atoms with Crippen molar-refractivity contribution in [3.8, 4) is 0 Å². The molecule has 2 N–H and O–H groups in total. The third kappa shape index (κ3) is 8.15. The monoisotopic (exact) mass is 518 g/mol. The Labute approximate surface area is 225 Å². The molecule has 0 unspecified atom stereocenters. The Morgan fingerprint density at radius 2 is 1.76 bits per heavy atom. The van der Waals surface area contributed by atoms with E-state index in [2.05, 4.69) is 18.5 Å². The van der Waals surface area contributed by atoms with Crippen LogP contribution in [0.2, 0.25) is 0 Å². The van der Waals surface area contributed by atoms with E-state index in [1.807, 2.05) is 54.6 Å². The van der Waals surface area contributed by atoms with Crippen LogP contribution < -0.4 is 5.32 Å². The van der Waals surface area contributed by atoms with Gasteiger partial charge in [0.1, 0.15) is 6.10 Å². The Morgan fingerprint density at radius 3 is 2.45 bits per heavy atom. The first-order valence-electron chi connectivity index (χ1n) is 13.2. The molecule has 7 heteroatoms. The average Bonchev–Trinajstić information content (AvgIpc) is 2.94. The number of nitrogens with zero attached hydrogens (tertiary/aromatic N) is 1. The van der Waals surface area contributed by atoms with Gasteiger partial charge in [-0.05, 0) is 42.4 Å². The highest BCUT2D eigenvalue weighted by molar-refractivity contribution is 5.86. The molecule has 1 heterocycles. The molecule has 2 aromatic rings. The lowest BCUT2D eigenvalue weighted by Crippen LogP contribution is -2.47. The number of nitrogens with one attached hydrogen (secondary N) is 1. The van der Waals surface area contributed by atoms with Crippen LogP contribution in [0.25, 0.3) is 0 Å². The predicted octanol–water partition coefficient (Wildman–Crippen LogP) is 4.27. The molecule has 0 radical (unpaired) electrons. The van der Waals surface area contributed by atoms with Crippen molar-refractivity contribution in [3.63, 3.8) is 0 Å². The summed E-state index contributed by atoms with van der Waals surface area (Å²) in [6.07, 6.45) is 5.27. The van der Waals surface area contributed by atoms with Gasteiger partial charge in [-0.2, -0.15) is 0 Å². The Kier molecular flexibility index (Phi) is 11.3. The van der Waals surface area contributed by atoms with Crippen LogP contribution in [0.3, 0.4) is 0 Å². The number of allylic oxidation sites excluding steroid dienone is 2. The molecule has 38 heavy (non-hydrogen) atoms. The van der Waals surface area contributed by atoms with Gasteiger partial charge in [-0.1, -0.05) is 66.7 Å². The van der Waals surface area contributed by atoms with Crippen molar-refractivity contribution in [1.82, 2.24) is 10.2 Å². The number of fused-ring (bicyclic) bond motifs is 1. The van der Waals surface area contributed by atoms with Crippen LogP contribution in [0, 0.1) is 5.92 Å². The number of aliphatic hydroxyl groups excluding tert-OH is 1. The third-order valence-electron chi connectivity index (χ3n) is 6.83. The van der Waals surface area contributed by atoms with E-state index in [1.165, 1.54) is 0 Å². The number of rotatable bonds is 14. The van der Waals surface area contributed by atoms with Gasteiger partial charge in [0.25, 0.3) is 0 Å². The van der Waals surface area contributed by atoms with Crippen LogP contribution in [0.1, 0.15) is 54.9 Å². The zero-order valence-corrected chi connectivity index (χ0v) is 21.9. The van der Waals surface area contributed by atoms with E-state index in [-0.39, 0.29) is 49.8 Å². The lowest BCUT2D eigenvalue weighted by atomic mass is 9.92. The van der Waals surface area contributed by atoms with Crippen molar-refractivity contribution in [2.45, 2.75) is 57.2 Å². The Balaban J connectivity index is 1.65.